The highest BCUT2D eigenvalue weighted by atomic mass is 19.1. The minimum Gasteiger partial charge on any atom is -0.358 e. The molecule has 18 heavy (non-hydrogen) atoms. The Morgan fingerprint density at radius 1 is 1.33 bits per heavy atom. The smallest absolute Gasteiger partial charge is 0.133 e. The molecule has 5 heteroatoms. The molecule has 4 N–H and O–H groups in total. The van der Waals surface area contributed by atoms with E-state index in [2.05, 4.69) is 15.0 Å². The van der Waals surface area contributed by atoms with Crippen molar-refractivity contribution in [1.29, 1.82) is 0 Å². The van der Waals surface area contributed by atoms with Crippen molar-refractivity contribution in [2.75, 3.05) is 0 Å². The van der Waals surface area contributed by atoms with E-state index in [1.54, 1.807) is 12.3 Å². The molecule has 0 aliphatic heterocycles. The molecule has 4 nitrogen and oxygen atoms in total. The predicted molar refractivity (Wildman–Crippen MR) is 68.5 cm³/mol. The average molecular weight is 244 g/mol. The predicted octanol–water partition coefficient (Wildman–Crippen LogP) is 2.46. The highest BCUT2D eigenvalue weighted by molar-refractivity contribution is 5.96. The highest BCUT2D eigenvalue weighted by Crippen LogP contribution is 2.32. The number of nitrogens with one attached hydrogen (secondary N) is 2. The number of nitrogens with two attached hydrogens (primary N) is 1. The second-order valence-electron chi connectivity index (χ2n) is 4.24. The Morgan fingerprint density at radius 3 is 2.89 bits per heavy atom. The highest BCUT2D eigenvalue weighted by Gasteiger charge is 2.15. The number of aromatic nitrogens is 3. The van der Waals surface area contributed by atoms with Crippen molar-refractivity contribution >= 4 is 10.9 Å². The van der Waals surface area contributed by atoms with Gasteiger partial charge in [0.15, 0.2) is 0 Å². The zero-order valence-electron chi connectivity index (χ0n) is 9.92. The Bertz CT molecular complexity index is 711. The summed E-state index contributed by atoms with van der Waals surface area (Å²) in [6.07, 6.45) is 1.68. The van der Waals surface area contributed by atoms with Gasteiger partial charge in [0.05, 0.1) is 18.4 Å². The SMILES string of the molecule is Cc1[nH]c2cccc(F)c2c1-c1cnc(CN)[nH]1. The number of halogens is 1. The van der Waals surface area contributed by atoms with Crippen LogP contribution in [0.25, 0.3) is 22.2 Å². The van der Waals surface area contributed by atoms with Crippen LogP contribution in [0.15, 0.2) is 24.4 Å². The molecule has 0 bridgehead atoms. The molecule has 0 radical (unpaired) electrons. The van der Waals surface area contributed by atoms with Gasteiger partial charge in [0.25, 0.3) is 0 Å². The lowest BCUT2D eigenvalue weighted by Gasteiger charge is -1.98. The summed E-state index contributed by atoms with van der Waals surface area (Å²) in [5.41, 5.74) is 8.81. The fourth-order valence-electron chi connectivity index (χ4n) is 2.26. The summed E-state index contributed by atoms with van der Waals surface area (Å²) in [5.74, 6) is 0.450. The summed E-state index contributed by atoms with van der Waals surface area (Å²) < 4.78 is 14.0. The molecule has 2 heterocycles. The molecular weight excluding hydrogens is 231 g/mol. The van der Waals surface area contributed by atoms with Crippen molar-refractivity contribution in [3.8, 4) is 11.3 Å². The monoisotopic (exact) mass is 244 g/mol. The second kappa shape index (κ2) is 3.96. The largest absolute Gasteiger partial charge is 0.358 e. The third-order valence-electron chi connectivity index (χ3n) is 3.05. The number of imidazole rings is 1. The van der Waals surface area contributed by atoms with Crippen LogP contribution in [0.2, 0.25) is 0 Å². The molecule has 2 aromatic heterocycles. The van der Waals surface area contributed by atoms with Crippen LogP contribution in [-0.2, 0) is 6.54 Å². The number of fused-ring (bicyclic) bond motifs is 1. The zero-order valence-corrected chi connectivity index (χ0v) is 9.92. The molecular formula is C13H13FN4. The first-order valence-electron chi connectivity index (χ1n) is 5.72. The molecule has 0 atom stereocenters. The maximum Gasteiger partial charge on any atom is 0.133 e. The molecule has 0 fully saturated rings. The van der Waals surface area contributed by atoms with E-state index >= 15 is 0 Å². The van der Waals surface area contributed by atoms with Crippen LogP contribution in [0.4, 0.5) is 4.39 Å². The first-order valence-corrected chi connectivity index (χ1v) is 5.72. The van der Waals surface area contributed by atoms with Gasteiger partial charge in [-0.25, -0.2) is 9.37 Å². The number of nitrogens with zero attached hydrogens (tertiary/aromatic N) is 1. The average Bonchev–Trinajstić information content (AvgIpc) is 2.92. The number of hydrogen-bond acceptors (Lipinski definition) is 2. The third kappa shape index (κ3) is 1.52. The minimum atomic E-state index is -0.240. The first-order chi connectivity index (χ1) is 8.70. The molecule has 0 unspecified atom stereocenters. The standard InChI is InChI=1S/C13H13FN4/c1-7-12(10-6-16-11(5-15)18-10)13-8(14)3-2-4-9(13)17-7/h2-4,6,17H,5,15H2,1H3,(H,16,18). The van der Waals surface area contributed by atoms with Gasteiger partial charge in [0.2, 0.25) is 0 Å². The first kappa shape index (κ1) is 11.0. The van der Waals surface area contributed by atoms with E-state index in [4.69, 9.17) is 5.73 Å². The van der Waals surface area contributed by atoms with Crippen LogP contribution in [0.3, 0.4) is 0 Å². The van der Waals surface area contributed by atoms with Crippen LogP contribution in [0.1, 0.15) is 11.5 Å². The fraction of sp³-hybridized carbons (Fsp3) is 0.154. The lowest BCUT2D eigenvalue weighted by molar-refractivity contribution is 0.640. The Labute approximate surface area is 103 Å². The van der Waals surface area contributed by atoms with E-state index in [1.165, 1.54) is 6.07 Å². The van der Waals surface area contributed by atoms with E-state index in [0.29, 0.717) is 17.8 Å². The van der Waals surface area contributed by atoms with Crippen LogP contribution in [-0.4, -0.2) is 15.0 Å². The Hall–Kier alpha value is -2.14. The van der Waals surface area contributed by atoms with Crippen LogP contribution in [0, 0.1) is 12.7 Å². The fourth-order valence-corrected chi connectivity index (χ4v) is 2.26. The van der Waals surface area contributed by atoms with Gasteiger partial charge in [0, 0.05) is 22.2 Å². The number of aromatic amines is 2. The van der Waals surface area contributed by atoms with Crippen molar-refractivity contribution in [3.05, 3.63) is 41.7 Å². The van der Waals surface area contributed by atoms with Crippen molar-refractivity contribution < 1.29 is 4.39 Å². The summed E-state index contributed by atoms with van der Waals surface area (Å²) in [5, 5.41) is 0.585. The molecule has 3 aromatic rings. The molecule has 92 valence electrons. The Morgan fingerprint density at radius 2 is 2.17 bits per heavy atom. The summed E-state index contributed by atoms with van der Waals surface area (Å²) in [6.45, 7) is 2.25. The van der Waals surface area contributed by atoms with E-state index < -0.39 is 0 Å². The molecule has 0 spiro atoms. The van der Waals surface area contributed by atoms with Crippen molar-refractivity contribution in [1.82, 2.24) is 15.0 Å². The quantitative estimate of drug-likeness (QED) is 0.648. The van der Waals surface area contributed by atoms with Crippen molar-refractivity contribution in [3.63, 3.8) is 0 Å². The molecule has 0 aliphatic carbocycles. The summed E-state index contributed by atoms with van der Waals surface area (Å²) >= 11 is 0. The topological polar surface area (TPSA) is 70.5 Å². The Balaban J connectivity index is 2.30. The van der Waals surface area contributed by atoms with Gasteiger partial charge in [-0.3, -0.25) is 0 Å². The summed E-state index contributed by atoms with van der Waals surface area (Å²) in [6, 6.07) is 5.00. The summed E-state index contributed by atoms with van der Waals surface area (Å²) in [7, 11) is 0. The maximum atomic E-state index is 14.0. The molecule has 3 rings (SSSR count). The molecule has 0 aliphatic rings. The summed E-state index contributed by atoms with van der Waals surface area (Å²) in [4.78, 5) is 10.4. The van der Waals surface area contributed by atoms with Crippen LogP contribution in [0.5, 0.6) is 0 Å². The zero-order chi connectivity index (χ0) is 12.7. The lowest BCUT2D eigenvalue weighted by Crippen LogP contribution is -1.97. The third-order valence-corrected chi connectivity index (χ3v) is 3.05. The molecule has 0 saturated heterocycles. The van der Waals surface area contributed by atoms with Crippen molar-refractivity contribution in [2.45, 2.75) is 13.5 Å². The van der Waals surface area contributed by atoms with Gasteiger partial charge in [-0.15, -0.1) is 0 Å². The maximum absolute atomic E-state index is 14.0. The van der Waals surface area contributed by atoms with Crippen LogP contribution >= 0.6 is 0 Å². The van der Waals surface area contributed by atoms with E-state index in [9.17, 15) is 4.39 Å². The Kier molecular flexibility index (Phi) is 2.41. The number of rotatable bonds is 2. The van der Waals surface area contributed by atoms with Gasteiger partial charge in [-0.05, 0) is 19.1 Å². The number of aryl methyl sites for hydroxylation is 1. The van der Waals surface area contributed by atoms with Gasteiger partial charge in [-0.1, -0.05) is 6.07 Å². The molecule has 0 amide bonds. The molecule has 1 aromatic carbocycles. The normalized spacial score (nSPS) is 11.3. The van der Waals surface area contributed by atoms with Crippen molar-refractivity contribution in [2.24, 2.45) is 5.73 Å². The number of benzene rings is 1. The van der Waals surface area contributed by atoms with Gasteiger partial charge in [-0.2, -0.15) is 0 Å². The van der Waals surface area contributed by atoms with Crippen LogP contribution < -0.4 is 5.73 Å². The minimum absolute atomic E-state index is 0.240. The second-order valence-corrected chi connectivity index (χ2v) is 4.24. The van der Waals surface area contributed by atoms with E-state index in [1.807, 2.05) is 13.0 Å². The molecule has 0 saturated carbocycles. The number of hydrogen-bond donors (Lipinski definition) is 3. The number of H-pyrrole nitrogens is 2. The van der Waals surface area contributed by atoms with Gasteiger partial charge >= 0.3 is 0 Å². The lowest BCUT2D eigenvalue weighted by atomic mass is 10.1. The van der Waals surface area contributed by atoms with Gasteiger partial charge in [0.1, 0.15) is 11.6 Å². The van der Waals surface area contributed by atoms with Gasteiger partial charge < -0.3 is 15.7 Å². The van der Waals surface area contributed by atoms with E-state index in [0.717, 1.165) is 22.5 Å². The van der Waals surface area contributed by atoms with E-state index in [-0.39, 0.29) is 5.82 Å².